The molecule has 1 aromatic rings. The van der Waals surface area contributed by atoms with E-state index in [-0.39, 0.29) is 17.2 Å². The van der Waals surface area contributed by atoms with E-state index >= 15 is 0 Å². The van der Waals surface area contributed by atoms with Gasteiger partial charge in [-0.3, -0.25) is 9.59 Å². The van der Waals surface area contributed by atoms with Crippen molar-refractivity contribution in [3.8, 4) is 0 Å². The summed E-state index contributed by atoms with van der Waals surface area (Å²) >= 11 is 0. The average molecular weight is 526 g/mol. The lowest BCUT2D eigenvalue weighted by Gasteiger charge is -2.24. The summed E-state index contributed by atoms with van der Waals surface area (Å²) in [6, 6.07) is 5.01. The minimum absolute atomic E-state index is 0.0442. The van der Waals surface area contributed by atoms with Crippen LogP contribution in [0, 0.1) is 10.8 Å². The lowest BCUT2D eigenvalue weighted by molar-refractivity contribution is -0.137. The molecule has 0 saturated carbocycles. The molecular formula is C29H46F3N3O2. The van der Waals surface area contributed by atoms with Crippen LogP contribution in [0.1, 0.15) is 64.5 Å². The van der Waals surface area contributed by atoms with E-state index in [1.165, 1.54) is 12.1 Å². The standard InChI is InChI=1S/C15H16F3NO.C10H19NO.C2H7N.C2H4/c1-2-7-14(8-9-19-13(14)20)10-11-3-5-12(6-4-11)15(16,17)18;1-5-8-10(4,6-2)9(12)11-7-3;1-2-3;1-2/h2-6H,1,7-10H2,(H,19,20);5H,1,6-8H2,2-4H3,(H,11,12);2-3H2,1H3;1-2H2/t14-;10-;;/m10../s1. The monoisotopic (exact) mass is 525 g/mol. The summed E-state index contributed by atoms with van der Waals surface area (Å²) in [5.74, 6) is 0.0877. The van der Waals surface area contributed by atoms with Gasteiger partial charge in [0.25, 0.3) is 0 Å². The Bertz CT molecular complexity index is 825. The number of amides is 2. The zero-order valence-corrected chi connectivity index (χ0v) is 23.0. The van der Waals surface area contributed by atoms with Crippen LogP contribution >= 0.6 is 0 Å². The number of benzene rings is 1. The molecule has 1 aliphatic rings. The third kappa shape index (κ3) is 12.3. The van der Waals surface area contributed by atoms with Crippen molar-refractivity contribution in [1.82, 2.24) is 10.6 Å². The van der Waals surface area contributed by atoms with Crippen LogP contribution in [-0.2, 0) is 22.2 Å². The fourth-order valence-corrected chi connectivity index (χ4v) is 3.72. The Morgan fingerprint density at radius 1 is 1.14 bits per heavy atom. The maximum atomic E-state index is 12.5. The maximum Gasteiger partial charge on any atom is 0.416 e. The highest BCUT2D eigenvalue weighted by molar-refractivity contribution is 5.85. The quantitative estimate of drug-likeness (QED) is 0.335. The Labute approximate surface area is 221 Å². The number of allylic oxidation sites excluding steroid dienone is 2. The summed E-state index contributed by atoms with van der Waals surface area (Å²) < 4.78 is 37.5. The highest BCUT2D eigenvalue weighted by Gasteiger charge is 2.41. The van der Waals surface area contributed by atoms with Gasteiger partial charge in [0.2, 0.25) is 11.8 Å². The van der Waals surface area contributed by atoms with E-state index in [1.54, 1.807) is 12.2 Å². The van der Waals surface area contributed by atoms with Crippen molar-refractivity contribution in [1.29, 1.82) is 0 Å². The molecule has 5 nitrogen and oxygen atoms in total. The number of halogens is 3. The minimum Gasteiger partial charge on any atom is -0.356 e. The molecule has 0 bridgehead atoms. The second-order valence-electron chi connectivity index (χ2n) is 8.83. The van der Waals surface area contributed by atoms with E-state index in [2.05, 4.69) is 36.9 Å². The van der Waals surface area contributed by atoms with Gasteiger partial charge in [0, 0.05) is 18.5 Å². The molecule has 0 aliphatic carbocycles. The molecule has 1 aromatic carbocycles. The molecule has 2 amide bonds. The van der Waals surface area contributed by atoms with Crippen molar-refractivity contribution in [2.45, 2.75) is 66.0 Å². The third-order valence-corrected chi connectivity index (χ3v) is 5.99. The number of carbonyl (C=O) groups excluding carboxylic acids is 2. The molecule has 0 unspecified atom stereocenters. The molecule has 0 spiro atoms. The number of alkyl halides is 3. The van der Waals surface area contributed by atoms with E-state index in [4.69, 9.17) is 5.73 Å². The maximum absolute atomic E-state index is 12.5. The van der Waals surface area contributed by atoms with Gasteiger partial charge in [-0.05, 0) is 63.3 Å². The smallest absolute Gasteiger partial charge is 0.356 e. The molecule has 4 N–H and O–H groups in total. The van der Waals surface area contributed by atoms with Crippen molar-refractivity contribution < 1.29 is 22.8 Å². The van der Waals surface area contributed by atoms with E-state index < -0.39 is 17.2 Å². The molecule has 1 heterocycles. The van der Waals surface area contributed by atoms with Crippen LogP contribution in [-0.4, -0.2) is 31.4 Å². The molecule has 37 heavy (non-hydrogen) atoms. The number of carbonyl (C=O) groups is 2. The van der Waals surface area contributed by atoms with Crippen LogP contribution < -0.4 is 16.4 Å². The fourth-order valence-electron chi connectivity index (χ4n) is 3.72. The zero-order valence-electron chi connectivity index (χ0n) is 23.0. The first-order valence-corrected chi connectivity index (χ1v) is 12.5. The second kappa shape index (κ2) is 18.4. The lowest BCUT2D eigenvalue weighted by atomic mass is 9.77. The third-order valence-electron chi connectivity index (χ3n) is 5.99. The van der Waals surface area contributed by atoms with E-state index in [0.29, 0.717) is 32.4 Å². The molecule has 8 heteroatoms. The second-order valence-corrected chi connectivity index (χ2v) is 8.83. The van der Waals surface area contributed by atoms with Crippen LogP contribution in [0.4, 0.5) is 13.2 Å². The summed E-state index contributed by atoms with van der Waals surface area (Å²) in [6.45, 7) is 23.2. The summed E-state index contributed by atoms with van der Waals surface area (Å²) in [7, 11) is 0. The van der Waals surface area contributed by atoms with E-state index in [9.17, 15) is 22.8 Å². The van der Waals surface area contributed by atoms with Crippen LogP contribution in [0.3, 0.4) is 0 Å². The van der Waals surface area contributed by atoms with Crippen molar-refractivity contribution in [3.63, 3.8) is 0 Å². The number of nitrogens with one attached hydrogen (secondary N) is 2. The first-order valence-electron chi connectivity index (χ1n) is 12.5. The lowest BCUT2D eigenvalue weighted by Crippen LogP contribution is -2.38. The Morgan fingerprint density at radius 3 is 2.03 bits per heavy atom. The molecule has 1 saturated heterocycles. The molecule has 0 radical (unpaired) electrons. The van der Waals surface area contributed by atoms with Gasteiger partial charge < -0.3 is 16.4 Å². The summed E-state index contributed by atoms with van der Waals surface area (Å²) in [5, 5.41) is 5.62. The summed E-state index contributed by atoms with van der Waals surface area (Å²) in [4.78, 5) is 23.5. The summed E-state index contributed by atoms with van der Waals surface area (Å²) in [6.07, 6.45) is 2.40. The predicted octanol–water partition coefficient (Wildman–Crippen LogP) is 6.21. The topological polar surface area (TPSA) is 84.2 Å². The molecule has 1 fully saturated rings. The number of rotatable bonds is 9. The predicted molar refractivity (Wildman–Crippen MR) is 148 cm³/mol. The Hall–Kier alpha value is -2.87. The molecule has 0 aromatic heterocycles. The highest BCUT2D eigenvalue weighted by Crippen LogP contribution is 2.36. The normalized spacial score (nSPS) is 17.7. The van der Waals surface area contributed by atoms with Crippen molar-refractivity contribution in [2.24, 2.45) is 16.6 Å². The number of hydrogen-bond acceptors (Lipinski definition) is 3. The van der Waals surface area contributed by atoms with Crippen molar-refractivity contribution in [2.75, 3.05) is 19.6 Å². The van der Waals surface area contributed by atoms with E-state index in [0.717, 1.165) is 37.1 Å². The SMILES string of the molecule is C=C.C=CC[C@](C)(CC)C(=O)NCC.C=CC[C@]1(Cc2ccc(C(F)(F)F)cc2)CCNC1=O.CCN. The van der Waals surface area contributed by atoms with E-state index in [1.807, 2.05) is 27.7 Å². The van der Waals surface area contributed by atoms with Crippen LogP contribution in [0.25, 0.3) is 0 Å². The largest absolute Gasteiger partial charge is 0.416 e. The van der Waals surface area contributed by atoms with Gasteiger partial charge in [0.15, 0.2) is 0 Å². The van der Waals surface area contributed by atoms with Crippen molar-refractivity contribution >= 4 is 11.8 Å². The number of nitrogens with two attached hydrogens (primary N) is 1. The van der Waals surface area contributed by atoms with Crippen LogP contribution in [0.5, 0.6) is 0 Å². The minimum atomic E-state index is -4.33. The fraction of sp³-hybridized carbons (Fsp3) is 0.517. The van der Waals surface area contributed by atoms with Crippen LogP contribution in [0.2, 0.25) is 0 Å². The van der Waals surface area contributed by atoms with Gasteiger partial charge in [0.05, 0.1) is 11.0 Å². The van der Waals surface area contributed by atoms with Gasteiger partial charge in [0.1, 0.15) is 0 Å². The molecule has 2 atom stereocenters. The molecule has 210 valence electrons. The zero-order chi connectivity index (χ0) is 29.1. The van der Waals surface area contributed by atoms with Gasteiger partial charge in [-0.25, -0.2) is 0 Å². The van der Waals surface area contributed by atoms with Crippen molar-refractivity contribution in [3.05, 3.63) is 73.9 Å². The Kier molecular flexibility index (Phi) is 18.0. The van der Waals surface area contributed by atoms with Gasteiger partial charge >= 0.3 is 6.18 Å². The molecule has 1 aliphatic heterocycles. The first-order chi connectivity index (χ1) is 17.4. The Morgan fingerprint density at radius 2 is 1.68 bits per heavy atom. The van der Waals surface area contributed by atoms with Gasteiger partial charge in [-0.1, -0.05) is 45.1 Å². The summed E-state index contributed by atoms with van der Waals surface area (Å²) in [5.41, 5.74) is 4.08. The molecule has 2 rings (SSSR count). The highest BCUT2D eigenvalue weighted by atomic mass is 19.4. The van der Waals surface area contributed by atoms with Gasteiger partial charge in [-0.15, -0.1) is 26.3 Å². The van der Waals surface area contributed by atoms with Crippen LogP contribution in [0.15, 0.2) is 62.7 Å². The average Bonchev–Trinajstić information content (AvgIpc) is 3.21. The number of hydrogen-bond donors (Lipinski definition) is 3. The first kappa shape index (κ1) is 36.3. The molecular weight excluding hydrogens is 479 g/mol. The van der Waals surface area contributed by atoms with Gasteiger partial charge in [-0.2, -0.15) is 13.2 Å². The Balaban J connectivity index is 0.